The summed E-state index contributed by atoms with van der Waals surface area (Å²) >= 11 is 0. The van der Waals surface area contributed by atoms with Gasteiger partial charge in [-0.1, -0.05) is 0 Å². The van der Waals surface area contributed by atoms with Gasteiger partial charge in [0.1, 0.15) is 5.82 Å². The van der Waals surface area contributed by atoms with Gasteiger partial charge in [-0.3, -0.25) is 4.79 Å². The predicted octanol–water partition coefficient (Wildman–Crippen LogP) is 1.73. The summed E-state index contributed by atoms with van der Waals surface area (Å²) < 4.78 is 5.48. The first-order chi connectivity index (χ1) is 9.12. The van der Waals surface area contributed by atoms with Crippen LogP contribution in [0.1, 0.15) is 35.8 Å². The summed E-state index contributed by atoms with van der Waals surface area (Å²) in [5.41, 5.74) is 1.48. The SMILES string of the molecule is CCOC1CC(NC(=O)c2cc(C)nc(NC)c2)C1. The van der Waals surface area contributed by atoms with Gasteiger partial charge in [-0.15, -0.1) is 0 Å². The molecule has 1 amide bonds. The van der Waals surface area contributed by atoms with Crippen LogP contribution < -0.4 is 10.6 Å². The van der Waals surface area contributed by atoms with E-state index in [1.807, 2.05) is 13.8 Å². The Balaban J connectivity index is 1.92. The number of nitrogens with one attached hydrogen (secondary N) is 2. The summed E-state index contributed by atoms with van der Waals surface area (Å²) in [5.74, 6) is 0.674. The third kappa shape index (κ3) is 3.44. The Bertz CT molecular complexity index is 456. The van der Waals surface area contributed by atoms with Gasteiger partial charge in [-0.25, -0.2) is 4.98 Å². The Morgan fingerprint density at radius 3 is 2.84 bits per heavy atom. The van der Waals surface area contributed by atoms with Crippen LogP contribution in [-0.4, -0.2) is 36.7 Å². The van der Waals surface area contributed by atoms with Crippen LogP contribution in [-0.2, 0) is 4.74 Å². The third-order valence-electron chi connectivity index (χ3n) is 3.30. The van der Waals surface area contributed by atoms with Gasteiger partial charge in [-0.2, -0.15) is 0 Å². The number of aryl methyl sites for hydroxylation is 1. The van der Waals surface area contributed by atoms with E-state index in [9.17, 15) is 4.79 Å². The van der Waals surface area contributed by atoms with Crippen molar-refractivity contribution in [3.63, 3.8) is 0 Å². The summed E-state index contributed by atoms with van der Waals surface area (Å²) in [6, 6.07) is 3.80. The van der Waals surface area contributed by atoms with Crippen molar-refractivity contribution in [3.8, 4) is 0 Å². The number of carbonyl (C=O) groups is 1. The number of rotatable bonds is 5. The monoisotopic (exact) mass is 263 g/mol. The van der Waals surface area contributed by atoms with Gasteiger partial charge < -0.3 is 15.4 Å². The molecule has 2 N–H and O–H groups in total. The summed E-state index contributed by atoms with van der Waals surface area (Å²) in [7, 11) is 1.79. The molecule has 1 aliphatic carbocycles. The van der Waals surface area contributed by atoms with Crippen molar-refractivity contribution >= 4 is 11.7 Å². The number of hydrogen-bond acceptors (Lipinski definition) is 4. The Kier molecular flexibility index (Phi) is 4.37. The lowest BCUT2D eigenvalue weighted by molar-refractivity contribution is -0.00862. The molecule has 5 heteroatoms. The van der Waals surface area contributed by atoms with Crippen LogP contribution in [0.5, 0.6) is 0 Å². The molecule has 0 radical (unpaired) electrons. The predicted molar refractivity (Wildman–Crippen MR) is 74.4 cm³/mol. The number of amides is 1. The normalized spacial score (nSPS) is 21.6. The van der Waals surface area contributed by atoms with Gasteiger partial charge in [0.2, 0.25) is 0 Å². The number of nitrogens with zero attached hydrogens (tertiary/aromatic N) is 1. The second kappa shape index (κ2) is 6.02. The minimum absolute atomic E-state index is 0.0399. The average Bonchev–Trinajstić information content (AvgIpc) is 2.35. The maximum Gasteiger partial charge on any atom is 0.251 e. The molecule has 1 fully saturated rings. The topological polar surface area (TPSA) is 63.2 Å². The highest BCUT2D eigenvalue weighted by molar-refractivity contribution is 5.95. The number of carbonyl (C=O) groups excluding carboxylic acids is 1. The highest BCUT2D eigenvalue weighted by Crippen LogP contribution is 2.23. The molecule has 0 atom stereocenters. The van der Waals surface area contributed by atoms with Crippen molar-refractivity contribution in [3.05, 3.63) is 23.4 Å². The van der Waals surface area contributed by atoms with E-state index in [-0.39, 0.29) is 11.9 Å². The van der Waals surface area contributed by atoms with Crippen LogP contribution in [0.15, 0.2) is 12.1 Å². The molecule has 0 spiro atoms. The molecule has 2 rings (SSSR count). The van der Waals surface area contributed by atoms with E-state index in [4.69, 9.17) is 4.74 Å². The first kappa shape index (κ1) is 13.8. The smallest absolute Gasteiger partial charge is 0.251 e. The summed E-state index contributed by atoms with van der Waals surface area (Å²) in [6.07, 6.45) is 2.12. The molecule has 104 valence electrons. The van der Waals surface area contributed by atoms with Crippen LogP contribution >= 0.6 is 0 Å². The highest BCUT2D eigenvalue weighted by atomic mass is 16.5. The molecule has 1 aromatic rings. The zero-order valence-corrected chi connectivity index (χ0v) is 11.7. The van der Waals surface area contributed by atoms with Crippen LogP contribution in [0.4, 0.5) is 5.82 Å². The van der Waals surface area contributed by atoms with Crippen LogP contribution in [0.3, 0.4) is 0 Å². The maximum atomic E-state index is 12.1. The van der Waals surface area contributed by atoms with Crippen LogP contribution in [0.25, 0.3) is 0 Å². The van der Waals surface area contributed by atoms with E-state index in [0.717, 1.165) is 25.1 Å². The molecular weight excluding hydrogens is 242 g/mol. The largest absolute Gasteiger partial charge is 0.378 e. The summed E-state index contributed by atoms with van der Waals surface area (Å²) in [5, 5.41) is 5.98. The molecule has 0 aromatic carbocycles. The van der Waals surface area contributed by atoms with Crippen molar-refractivity contribution in [1.29, 1.82) is 0 Å². The molecule has 0 aliphatic heterocycles. The molecule has 1 saturated carbocycles. The van der Waals surface area contributed by atoms with Crippen LogP contribution in [0, 0.1) is 6.92 Å². The molecular formula is C14H21N3O2. The highest BCUT2D eigenvalue weighted by Gasteiger charge is 2.30. The Hall–Kier alpha value is -1.62. The zero-order valence-electron chi connectivity index (χ0n) is 11.7. The Morgan fingerprint density at radius 2 is 2.21 bits per heavy atom. The van der Waals surface area contributed by atoms with Gasteiger partial charge in [0.25, 0.3) is 5.91 Å². The number of anilines is 1. The minimum atomic E-state index is -0.0399. The molecule has 1 aromatic heterocycles. The van der Waals surface area contributed by atoms with E-state index in [1.165, 1.54) is 0 Å². The molecule has 1 aliphatic rings. The van der Waals surface area contributed by atoms with Crippen molar-refractivity contribution in [1.82, 2.24) is 10.3 Å². The van der Waals surface area contributed by atoms with E-state index in [1.54, 1.807) is 19.2 Å². The van der Waals surface area contributed by atoms with E-state index in [2.05, 4.69) is 15.6 Å². The molecule has 0 saturated heterocycles. The number of pyridine rings is 1. The van der Waals surface area contributed by atoms with Crippen molar-refractivity contribution in [2.75, 3.05) is 19.0 Å². The molecule has 5 nitrogen and oxygen atoms in total. The Labute approximate surface area is 113 Å². The van der Waals surface area contributed by atoms with Crippen LogP contribution in [0.2, 0.25) is 0 Å². The van der Waals surface area contributed by atoms with Gasteiger partial charge in [0.05, 0.1) is 6.10 Å². The summed E-state index contributed by atoms with van der Waals surface area (Å²) in [6.45, 7) is 4.61. The second-order valence-corrected chi connectivity index (χ2v) is 4.85. The van der Waals surface area contributed by atoms with Crippen molar-refractivity contribution in [2.24, 2.45) is 0 Å². The lowest BCUT2D eigenvalue weighted by atomic mass is 9.89. The lowest BCUT2D eigenvalue weighted by Gasteiger charge is -2.35. The first-order valence-corrected chi connectivity index (χ1v) is 6.71. The van der Waals surface area contributed by atoms with Gasteiger partial charge in [0.15, 0.2) is 0 Å². The van der Waals surface area contributed by atoms with Crippen molar-refractivity contribution < 1.29 is 9.53 Å². The average molecular weight is 263 g/mol. The molecule has 0 unspecified atom stereocenters. The zero-order chi connectivity index (χ0) is 13.8. The summed E-state index contributed by atoms with van der Waals surface area (Å²) in [4.78, 5) is 16.4. The van der Waals surface area contributed by atoms with Crippen molar-refractivity contribution in [2.45, 2.75) is 38.8 Å². The fourth-order valence-corrected chi connectivity index (χ4v) is 2.25. The van der Waals surface area contributed by atoms with Gasteiger partial charge in [-0.05, 0) is 38.8 Å². The van der Waals surface area contributed by atoms with Gasteiger partial charge >= 0.3 is 0 Å². The van der Waals surface area contributed by atoms with Gasteiger partial charge in [0, 0.05) is 31.0 Å². The molecule has 0 bridgehead atoms. The standard InChI is InChI=1S/C14H21N3O2/c1-4-19-12-7-11(8-12)17-14(18)10-5-9(2)16-13(6-10)15-3/h5-6,11-12H,4,7-8H2,1-3H3,(H,15,16)(H,17,18). The van der Waals surface area contributed by atoms with E-state index >= 15 is 0 Å². The minimum Gasteiger partial charge on any atom is -0.378 e. The number of aromatic nitrogens is 1. The number of ether oxygens (including phenoxy) is 1. The fourth-order valence-electron chi connectivity index (χ4n) is 2.25. The Morgan fingerprint density at radius 1 is 1.47 bits per heavy atom. The van der Waals surface area contributed by atoms with E-state index < -0.39 is 0 Å². The number of hydrogen-bond donors (Lipinski definition) is 2. The molecule has 19 heavy (non-hydrogen) atoms. The quantitative estimate of drug-likeness (QED) is 0.849. The first-order valence-electron chi connectivity index (χ1n) is 6.71. The fraction of sp³-hybridized carbons (Fsp3) is 0.571. The maximum absolute atomic E-state index is 12.1. The van der Waals surface area contributed by atoms with E-state index in [0.29, 0.717) is 17.5 Å². The second-order valence-electron chi connectivity index (χ2n) is 4.85. The lowest BCUT2D eigenvalue weighted by Crippen LogP contribution is -2.47. The molecule has 1 heterocycles. The third-order valence-corrected chi connectivity index (χ3v) is 3.30.